The van der Waals surface area contributed by atoms with Gasteiger partial charge in [-0.2, -0.15) is 0 Å². The highest BCUT2D eigenvalue weighted by atomic mass is 15.1. The number of hydrogen-bond acceptors (Lipinski definition) is 1. The predicted octanol–water partition coefficient (Wildman–Crippen LogP) is 5.84. The smallest absolute Gasteiger partial charge is 0.00183 e. The van der Waals surface area contributed by atoms with E-state index in [2.05, 4.69) is 25.7 Å². The van der Waals surface area contributed by atoms with Crippen LogP contribution in [0.25, 0.3) is 0 Å². The monoisotopic (exact) mass is 268 g/mol. The van der Waals surface area contributed by atoms with Crippen LogP contribution in [0.5, 0.6) is 0 Å². The maximum atomic E-state index is 4.07. The lowest BCUT2D eigenvalue weighted by molar-refractivity contribution is 0.285. The molecule has 0 amide bonds. The summed E-state index contributed by atoms with van der Waals surface area (Å²) >= 11 is 0. The maximum Gasteiger partial charge on any atom is -0.00183 e. The SMILES string of the molecule is [CH2]CN(CCCCCCCC)CCCCCCCC. The summed E-state index contributed by atoms with van der Waals surface area (Å²) < 4.78 is 0. The van der Waals surface area contributed by atoms with Gasteiger partial charge in [-0.25, -0.2) is 0 Å². The van der Waals surface area contributed by atoms with Gasteiger partial charge in [0.15, 0.2) is 0 Å². The molecule has 0 bridgehead atoms. The highest BCUT2D eigenvalue weighted by Crippen LogP contribution is 2.08. The normalized spacial score (nSPS) is 11.4. The van der Waals surface area contributed by atoms with Crippen molar-refractivity contribution < 1.29 is 0 Å². The van der Waals surface area contributed by atoms with Gasteiger partial charge in [0, 0.05) is 0 Å². The topological polar surface area (TPSA) is 3.24 Å². The average molecular weight is 269 g/mol. The molecule has 0 rings (SSSR count). The van der Waals surface area contributed by atoms with E-state index in [0.717, 1.165) is 6.54 Å². The van der Waals surface area contributed by atoms with Crippen molar-refractivity contribution in [3.05, 3.63) is 6.92 Å². The molecule has 0 aliphatic rings. The van der Waals surface area contributed by atoms with Crippen LogP contribution in [0.2, 0.25) is 0 Å². The highest BCUT2D eigenvalue weighted by Gasteiger charge is 2.01. The molecule has 0 aromatic carbocycles. The third-order valence-electron chi connectivity index (χ3n) is 3.97. The molecule has 0 aromatic rings. The number of unbranched alkanes of at least 4 members (excludes halogenated alkanes) is 10. The molecule has 0 fully saturated rings. The first-order chi connectivity index (χ1) is 9.35. The quantitative estimate of drug-likeness (QED) is 0.337. The highest BCUT2D eigenvalue weighted by molar-refractivity contribution is 4.60. The van der Waals surface area contributed by atoms with Crippen LogP contribution >= 0.6 is 0 Å². The summed E-state index contributed by atoms with van der Waals surface area (Å²) in [6.45, 7) is 12.2. The Bertz CT molecular complexity index is 140. The molecule has 0 unspecified atom stereocenters. The lowest BCUT2D eigenvalue weighted by Crippen LogP contribution is -2.25. The zero-order valence-corrected chi connectivity index (χ0v) is 13.8. The Hall–Kier alpha value is -0.0400. The summed E-state index contributed by atoms with van der Waals surface area (Å²) in [6.07, 6.45) is 16.8. The second kappa shape index (κ2) is 16.0. The molecule has 0 N–H and O–H groups in total. The Balaban J connectivity index is 3.30. The van der Waals surface area contributed by atoms with E-state index in [0.29, 0.717) is 0 Å². The van der Waals surface area contributed by atoms with Gasteiger partial charge in [-0.3, -0.25) is 0 Å². The molecular weight excluding hydrogens is 230 g/mol. The molecule has 1 radical (unpaired) electrons. The molecule has 0 atom stereocenters. The Morgan fingerprint density at radius 1 is 0.579 bits per heavy atom. The minimum Gasteiger partial charge on any atom is -0.303 e. The van der Waals surface area contributed by atoms with Gasteiger partial charge >= 0.3 is 0 Å². The molecule has 1 heteroatoms. The fourth-order valence-electron chi connectivity index (χ4n) is 2.57. The van der Waals surface area contributed by atoms with E-state index in [4.69, 9.17) is 0 Å². The van der Waals surface area contributed by atoms with Gasteiger partial charge in [0.25, 0.3) is 0 Å². The average Bonchev–Trinajstić information content (AvgIpc) is 2.44. The van der Waals surface area contributed by atoms with Crippen LogP contribution in [0, 0.1) is 6.92 Å². The van der Waals surface area contributed by atoms with Gasteiger partial charge in [0.1, 0.15) is 0 Å². The van der Waals surface area contributed by atoms with Crippen molar-refractivity contribution >= 4 is 0 Å². The van der Waals surface area contributed by atoms with Gasteiger partial charge in [0.05, 0.1) is 0 Å². The third-order valence-corrected chi connectivity index (χ3v) is 3.97. The van der Waals surface area contributed by atoms with Crippen LogP contribution in [0.15, 0.2) is 0 Å². The van der Waals surface area contributed by atoms with Gasteiger partial charge in [-0.15, -0.1) is 0 Å². The Labute approximate surface area is 123 Å². The first-order valence-electron chi connectivity index (χ1n) is 8.86. The maximum absolute atomic E-state index is 4.07. The third kappa shape index (κ3) is 14.2. The van der Waals surface area contributed by atoms with E-state index in [9.17, 15) is 0 Å². The van der Waals surface area contributed by atoms with Crippen molar-refractivity contribution in [1.82, 2.24) is 4.90 Å². The molecule has 0 heterocycles. The summed E-state index contributed by atoms with van der Waals surface area (Å²) in [4.78, 5) is 2.54. The molecule has 0 spiro atoms. The van der Waals surface area contributed by atoms with Crippen LogP contribution in [-0.2, 0) is 0 Å². The van der Waals surface area contributed by atoms with E-state index in [1.54, 1.807) is 0 Å². The molecule has 0 saturated heterocycles. The fraction of sp³-hybridized carbons (Fsp3) is 0.944. The van der Waals surface area contributed by atoms with E-state index >= 15 is 0 Å². The van der Waals surface area contributed by atoms with Crippen molar-refractivity contribution in [2.24, 2.45) is 0 Å². The van der Waals surface area contributed by atoms with Crippen LogP contribution in [0.1, 0.15) is 90.9 Å². The van der Waals surface area contributed by atoms with Gasteiger partial charge in [-0.1, -0.05) is 78.1 Å². The predicted molar refractivity (Wildman–Crippen MR) is 88.5 cm³/mol. The molecule has 0 aliphatic carbocycles. The van der Waals surface area contributed by atoms with Crippen molar-refractivity contribution in [1.29, 1.82) is 0 Å². The summed E-state index contributed by atoms with van der Waals surface area (Å²) in [6, 6.07) is 0. The standard InChI is InChI=1S/C18H38N/c1-4-7-9-11-13-15-17-19(6-3)18-16-14-12-10-8-5-2/h3-18H2,1-2H3. The number of rotatable bonds is 15. The van der Waals surface area contributed by atoms with Gasteiger partial charge < -0.3 is 4.90 Å². The summed E-state index contributed by atoms with van der Waals surface area (Å²) in [7, 11) is 0. The second-order valence-corrected chi connectivity index (χ2v) is 5.88. The Kier molecular flexibility index (Phi) is 16.0. The van der Waals surface area contributed by atoms with Gasteiger partial charge in [0.2, 0.25) is 0 Å². The molecule has 19 heavy (non-hydrogen) atoms. The first-order valence-corrected chi connectivity index (χ1v) is 8.86. The molecule has 1 nitrogen and oxygen atoms in total. The number of nitrogens with zero attached hydrogens (tertiary/aromatic N) is 1. The fourth-order valence-corrected chi connectivity index (χ4v) is 2.57. The minimum atomic E-state index is 0.990. The van der Waals surface area contributed by atoms with Crippen LogP contribution in [0.4, 0.5) is 0 Å². The minimum absolute atomic E-state index is 0.990. The lowest BCUT2D eigenvalue weighted by Gasteiger charge is -2.20. The van der Waals surface area contributed by atoms with E-state index < -0.39 is 0 Å². The zero-order chi connectivity index (χ0) is 14.2. The first kappa shape index (κ1) is 19.0. The van der Waals surface area contributed by atoms with Crippen molar-refractivity contribution in [3.8, 4) is 0 Å². The Morgan fingerprint density at radius 3 is 1.32 bits per heavy atom. The molecule has 0 aliphatic heterocycles. The summed E-state index contributed by atoms with van der Waals surface area (Å²) in [5, 5.41) is 0. The summed E-state index contributed by atoms with van der Waals surface area (Å²) in [5.41, 5.74) is 0. The summed E-state index contributed by atoms with van der Waals surface area (Å²) in [5.74, 6) is 0. The largest absolute Gasteiger partial charge is 0.303 e. The van der Waals surface area contributed by atoms with Crippen molar-refractivity contribution in [2.75, 3.05) is 19.6 Å². The van der Waals surface area contributed by atoms with Crippen LogP contribution in [0.3, 0.4) is 0 Å². The molecule has 0 saturated carbocycles. The van der Waals surface area contributed by atoms with Crippen molar-refractivity contribution in [2.45, 2.75) is 90.9 Å². The van der Waals surface area contributed by atoms with Crippen LogP contribution < -0.4 is 0 Å². The van der Waals surface area contributed by atoms with Crippen molar-refractivity contribution in [3.63, 3.8) is 0 Å². The van der Waals surface area contributed by atoms with E-state index in [1.807, 2.05) is 0 Å². The molecule has 115 valence electrons. The van der Waals surface area contributed by atoms with E-state index in [1.165, 1.54) is 90.1 Å². The van der Waals surface area contributed by atoms with E-state index in [-0.39, 0.29) is 0 Å². The Morgan fingerprint density at radius 2 is 0.947 bits per heavy atom. The second-order valence-electron chi connectivity index (χ2n) is 5.88. The zero-order valence-electron chi connectivity index (χ0n) is 13.8. The molecule has 0 aromatic heterocycles. The van der Waals surface area contributed by atoms with Crippen LogP contribution in [-0.4, -0.2) is 24.5 Å². The lowest BCUT2D eigenvalue weighted by atomic mass is 10.1. The van der Waals surface area contributed by atoms with Gasteiger partial charge in [-0.05, 0) is 39.4 Å². The number of hydrogen-bond donors (Lipinski definition) is 0. The molecular formula is C18H38N.